The number of hydrogen-bond acceptors (Lipinski definition) is 3. The van der Waals surface area contributed by atoms with Crippen LogP contribution in [0.5, 0.6) is 0 Å². The van der Waals surface area contributed by atoms with Gasteiger partial charge in [0.05, 0.1) is 6.10 Å². The quantitative estimate of drug-likeness (QED) is 0.782. The summed E-state index contributed by atoms with van der Waals surface area (Å²) >= 11 is 1.72. The number of thiophene rings is 1. The van der Waals surface area contributed by atoms with E-state index < -0.39 is 0 Å². The smallest absolute Gasteiger partial charge is 0.315 e. The van der Waals surface area contributed by atoms with E-state index in [1.807, 2.05) is 13.0 Å². The first-order valence-electron chi connectivity index (χ1n) is 7.38. The van der Waals surface area contributed by atoms with Crippen molar-refractivity contribution in [2.45, 2.75) is 51.2 Å². The third-order valence-electron chi connectivity index (χ3n) is 3.77. The topological polar surface area (TPSA) is 61.4 Å². The maximum Gasteiger partial charge on any atom is 0.315 e. The second-order valence-electron chi connectivity index (χ2n) is 5.73. The Morgan fingerprint density at radius 1 is 1.55 bits per heavy atom. The molecular weight excluding hydrogens is 272 g/mol. The number of hydrogen-bond donors (Lipinski definition) is 3. The highest BCUT2D eigenvalue weighted by molar-refractivity contribution is 7.09. The van der Waals surface area contributed by atoms with Gasteiger partial charge in [-0.3, -0.25) is 0 Å². The average Bonchev–Trinajstić information content (AvgIpc) is 2.89. The van der Waals surface area contributed by atoms with Crippen LogP contribution in [-0.2, 0) is 6.42 Å². The molecule has 3 atom stereocenters. The summed E-state index contributed by atoms with van der Waals surface area (Å²) in [5.41, 5.74) is 0. The van der Waals surface area contributed by atoms with E-state index in [0.29, 0.717) is 12.5 Å². The lowest BCUT2D eigenvalue weighted by atomic mass is 9.87. The Kier molecular flexibility index (Phi) is 5.86. The van der Waals surface area contributed by atoms with Crippen molar-refractivity contribution in [1.82, 2.24) is 10.6 Å². The van der Waals surface area contributed by atoms with E-state index in [1.165, 1.54) is 4.88 Å². The van der Waals surface area contributed by atoms with Gasteiger partial charge >= 0.3 is 6.03 Å². The zero-order valence-corrected chi connectivity index (χ0v) is 12.8. The standard InChI is InChI=1S/C15H24N2O2S/c1-11(8-14-6-3-7-20-14)17-15(19)16-10-12-4-2-5-13(18)9-12/h3,6-7,11-13,18H,2,4-5,8-10H2,1H3,(H2,16,17,19). The number of aliphatic hydroxyl groups is 1. The van der Waals surface area contributed by atoms with Crippen LogP contribution in [0.2, 0.25) is 0 Å². The van der Waals surface area contributed by atoms with Crippen molar-refractivity contribution in [3.63, 3.8) is 0 Å². The summed E-state index contributed by atoms with van der Waals surface area (Å²) < 4.78 is 0. The normalized spacial score (nSPS) is 24.1. The molecule has 1 aliphatic rings. The molecule has 2 rings (SSSR count). The van der Waals surface area contributed by atoms with Crippen LogP contribution in [0.4, 0.5) is 4.79 Å². The van der Waals surface area contributed by atoms with E-state index in [-0.39, 0.29) is 18.2 Å². The molecule has 1 aromatic heterocycles. The number of urea groups is 1. The largest absolute Gasteiger partial charge is 0.393 e. The minimum Gasteiger partial charge on any atom is -0.393 e. The summed E-state index contributed by atoms with van der Waals surface area (Å²) in [4.78, 5) is 13.1. The van der Waals surface area contributed by atoms with Crippen molar-refractivity contribution < 1.29 is 9.90 Å². The van der Waals surface area contributed by atoms with Gasteiger partial charge < -0.3 is 15.7 Å². The number of carbonyl (C=O) groups is 1. The molecule has 1 aliphatic carbocycles. The Morgan fingerprint density at radius 3 is 3.10 bits per heavy atom. The van der Waals surface area contributed by atoms with Gasteiger partial charge in [-0.2, -0.15) is 0 Å². The summed E-state index contributed by atoms with van der Waals surface area (Å²) in [6, 6.07) is 4.14. The molecule has 0 radical (unpaired) electrons. The van der Waals surface area contributed by atoms with Crippen LogP contribution in [0.3, 0.4) is 0 Å². The number of amides is 2. The average molecular weight is 296 g/mol. The SMILES string of the molecule is CC(Cc1cccs1)NC(=O)NCC1CCCC(O)C1. The molecular formula is C15H24N2O2S. The van der Waals surface area contributed by atoms with Gasteiger partial charge in [-0.15, -0.1) is 11.3 Å². The lowest BCUT2D eigenvalue weighted by molar-refractivity contribution is 0.101. The van der Waals surface area contributed by atoms with Gasteiger partial charge in [0, 0.05) is 23.9 Å². The molecule has 2 amide bonds. The van der Waals surface area contributed by atoms with Crippen LogP contribution in [0.15, 0.2) is 17.5 Å². The number of aliphatic hydroxyl groups excluding tert-OH is 1. The lowest BCUT2D eigenvalue weighted by Crippen LogP contribution is -2.43. The lowest BCUT2D eigenvalue weighted by Gasteiger charge is -2.26. The highest BCUT2D eigenvalue weighted by atomic mass is 32.1. The minimum absolute atomic E-state index is 0.103. The van der Waals surface area contributed by atoms with Crippen LogP contribution in [-0.4, -0.2) is 29.8 Å². The third-order valence-corrected chi connectivity index (χ3v) is 4.67. The molecule has 3 unspecified atom stereocenters. The highest BCUT2D eigenvalue weighted by Gasteiger charge is 2.20. The van der Waals surface area contributed by atoms with E-state index in [4.69, 9.17) is 0 Å². The molecule has 5 heteroatoms. The molecule has 112 valence electrons. The van der Waals surface area contributed by atoms with Gasteiger partial charge in [0.15, 0.2) is 0 Å². The molecule has 0 spiro atoms. The van der Waals surface area contributed by atoms with Crippen molar-refractivity contribution in [2.75, 3.05) is 6.54 Å². The monoisotopic (exact) mass is 296 g/mol. The zero-order chi connectivity index (χ0) is 14.4. The van der Waals surface area contributed by atoms with Gasteiger partial charge in [-0.05, 0) is 43.6 Å². The van der Waals surface area contributed by atoms with E-state index in [9.17, 15) is 9.90 Å². The van der Waals surface area contributed by atoms with E-state index in [1.54, 1.807) is 11.3 Å². The maximum absolute atomic E-state index is 11.8. The fourth-order valence-corrected chi connectivity index (χ4v) is 3.58. The van der Waals surface area contributed by atoms with Gasteiger partial charge in [0.25, 0.3) is 0 Å². The first-order valence-corrected chi connectivity index (χ1v) is 8.26. The van der Waals surface area contributed by atoms with Crippen molar-refractivity contribution >= 4 is 17.4 Å². The molecule has 1 fully saturated rings. The highest BCUT2D eigenvalue weighted by Crippen LogP contribution is 2.23. The van der Waals surface area contributed by atoms with Crippen LogP contribution < -0.4 is 10.6 Å². The van der Waals surface area contributed by atoms with Gasteiger partial charge in [-0.1, -0.05) is 12.5 Å². The van der Waals surface area contributed by atoms with Crippen LogP contribution in [0, 0.1) is 5.92 Å². The predicted molar refractivity (Wildman–Crippen MR) is 82.0 cm³/mol. The Morgan fingerprint density at radius 2 is 2.40 bits per heavy atom. The van der Waals surface area contributed by atoms with Crippen LogP contribution in [0.1, 0.15) is 37.5 Å². The molecule has 0 bridgehead atoms. The minimum atomic E-state index is -0.184. The molecule has 1 heterocycles. The molecule has 4 nitrogen and oxygen atoms in total. The first kappa shape index (κ1) is 15.3. The van der Waals surface area contributed by atoms with Crippen molar-refractivity contribution in [3.8, 4) is 0 Å². The van der Waals surface area contributed by atoms with E-state index in [0.717, 1.165) is 32.1 Å². The van der Waals surface area contributed by atoms with Crippen molar-refractivity contribution in [2.24, 2.45) is 5.92 Å². The molecule has 20 heavy (non-hydrogen) atoms. The summed E-state index contributed by atoms with van der Waals surface area (Å²) in [7, 11) is 0. The Balaban J connectivity index is 1.64. The van der Waals surface area contributed by atoms with Crippen LogP contribution >= 0.6 is 11.3 Å². The molecule has 3 N–H and O–H groups in total. The van der Waals surface area contributed by atoms with Crippen molar-refractivity contribution in [1.29, 1.82) is 0 Å². The van der Waals surface area contributed by atoms with Crippen LogP contribution in [0.25, 0.3) is 0 Å². The Hall–Kier alpha value is -1.07. The van der Waals surface area contributed by atoms with Gasteiger partial charge in [0.1, 0.15) is 0 Å². The number of rotatable bonds is 5. The summed E-state index contributed by atoms with van der Waals surface area (Å²) in [6.45, 7) is 2.68. The summed E-state index contributed by atoms with van der Waals surface area (Å²) in [5.74, 6) is 0.414. The first-order chi connectivity index (χ1) is 9.63. The van der Waals surface area contributed by atoms with Gasteiger partial charge in [-0.25, -0.2) is 4.79 Å². The molecule has 1 saturated carbocycles. The summed E-state index contributed by atoms with van der Waals surface area (Å²) in [6.07, 6.45) is 4.56. The molecule has 1 aromatic rings. The Bertz CT molecular complexity index is 408. The van der Waals surface area contributed by atoms with Gasteiger partial charge in [0.2, 0.25) is 0 Å². The second-order valence-corrected chi connectivity index (χ2v) is 6.76. The summed E-state index contributed by atoms with van der Waals surface area (Å²) in [5, 5.41) is 17.5. The molecule has 0 saturated heterocycles. The predicted octanol–water partition coefficient (Wildman–Crippen LogP) is 2.53. The number of carbonyl (C=O) groups excluding carboxylic acids is 1. The van der Waals surface area contributed by atoms with E-state index in [2.05, 4.69) is 22.1 Å². The number of nitrogens with one attached hydrogen (secondary N) is 2. The van der Waals surface area contributed by atoms with Crippen molar-refractivity contribution in [3.05, 3.63) is 22.4 Å². The molecule has 0 aromatic carbocycles. The Labute approximate surface area is 124 Å². The van der Waals surface area contributed by atoms with E-state index >= 15 is 0 Å². The maximum atomic E-state index is 11.8. The fraction of sp³-hybridized carbons (Fsp3) is 0.667. The zero-order valence-electron chi connectivity index (χ0n) is 12.0. The second kappa shape index (κ2) is 7.64. The third kappa shape index (κ3) is 5.13. The fourth-order valence-electron chi connectivity index (χ4n) is 2.74. The molecule has 0 aliphatic heterocycles.